The lowest BCUT2D eigenvalue weighted by atomic mass is 10.1. The smallest absolute Gasteiger partial charge is 0.180 e. The van der Waals surface area contributed by atoms with Crippen LogP contribution in [0.1, 0.15) is 22.5 Å². The topological polar surface area (TPSA) is 70.9 Å². The summed E-state index contributed by atoms with van der Waals surface area (Å²) in [5.41, 5.74) is 4.56. The van der Waals surface area contributed by atoms with Crippen molar-refractivity contribution in [1.82, 2.24) is 9.97 Å². The Hall–Kier alpha value is -3.82. The number of aryl methyl sites for hydroxylation is 1. The Kier molecular flexibility index (Phi) is 6.11. The molecule has 1 heterocycles. The van der Waals surface area contributed by atoms with Gasteiger partial charge >= 0.3 is 0 Å². The van der Waals surface area contributed by atoms with Crippen LogP contribution in [0.4, 0.5) is 4.39 Å². The number of imidazole rings is 1. The molecule has 0 saturated carbocycles. The number of ether oxygens (including phenoxy) is 2. The Morgan fingerprint density at radius 1 is 1.19 bits per heavy atom. The van der Waals surface area contributed by atoms with E-state index in [2.05, 4.69) is 16.0 Å². The molecular formula is C25H19ClFN3O2. The van der Waals surface area contributed by atoms with Gasteiger partial charge in [0.05, 0.1) is 28.7 Å². The van der Waals surface area contributed by atoms with Crippen molar-refractivity contribution in [2.75, 3.05) is 7.11 Å². The molecule has 0 aliphatic rings. The van der Waals surface area contributed by atoms with Crippen LogP contribution >= 0.6 is 11.6 Å². The number of halogens is 2. The van der Waals surface area contributed by atoms with Crippen molar-refractivity contribution in [3.05, 3.63) is 88.0 Å². The molecule has 0 saturated heterocycles. The summed E-state index contributed by atoms with van der Waals surface area (Å²) in [6.07, 6.45) is 1.68. The molecule has 5 nitrogen and oxygen atoms in total. The average molecular weight is 448 g/mol. The number of aromatic nitrogens is 2. The third-order valence-corrected chi connectivity index (χ3v) is 5.15. The number of methoxy groups -OCH3 is 1. The molecule has 4 rings (SSSR count). The lowest BCUT2D eigenvalue weighted by Crippen LogP contribution is -1.99. The highest BCUT2D eigenvalue weighted by molar-refractivity contribution is 6.32. The van der Waals surface area contributed by atoms with E-state index in [1.165, 1.54) is 19.2 Å². The van der Waals surface area contributed by atoms with E-state index in [1.807, 2.05) is 25.1 Å². The molecule has 0 aliphatic carbocycles. The van der Waals surface area contributed by atoms with Crippen molar-refractivity contribution < 1.29 is 13.9 Å². The van der Waals surface area contributed by atoms with Crippen LogP contribution < -0.4 is 9.47 Å². The van der Waals surface area contributed by atoms with Gasteiger partial charge in [-0.1, -0.05) is 29.8 Å². The second-order valence-corrected chi connectivity index (χ2v) is 7.63. The average Bonchev–Trinajstić information content (AvgIpc) is 3.20. The SMILES string of the molecule is COc1cc(/C=C(/C#N)c2nc3ccc(C)cc3[nH]2)cc(Cl)c1OCc1ccc(F)cc1. The molecule has 7 heteroatoms. The molecule has 1 N–H and O–H groups in total. The van der Waals surface area contributed by atoms with E-state index in [9.17, 15) is 9.65 Å². The number of nitrogens with one attached hydrogen (secondary N) is 1. The molecule has 0 spiro atoms. The van der Waals surface area contributed by atoms with Crippen LogP contribution in [0.5, 0.6) is 11.5 Å². The molecule has 3 aromatic carbocycles. The van der Waals surface area contributed by atoms with Gasteiger partial charge in [-0.05, 0) is 66.1 Å². The summed E-state index contributed by atoms with van der Waals surface area (Å²) in [6.45, 7) is 2.20. The lowest BCUT2D eigenvalue weighted by Gasteiger charge is -2.13. The van der Waals surface area contributed by atoms with Crippen LogP contribution in [0.2, 0.25) is 5.02 Å². The van der Waals surface area contributed by atoms with Gasteiger partial charge in [0, 0.05) is 0 Å². The zero-order chi connectivity index (χ0) is 22.7. The standard InChI is InChI=1S/C25H19ClFN3O2/c1-15-3-8-21-22(9-15)30-25(29-21)18(13-28)10-17-11-20(26)24(23(12-17)31-2)32-14-16-4-6-19(27)7-5-16/h3-12H,14H2,1-2H3,(H,29,30)/b18-10-. The Morgan fingerprint density at radius 2 is 1.97 bits per heavy atom. The lowest BCUT2D eigenvalue weighted by molar-refractivity contribution is 0.284. The molecule has 0 fully saturated rings. The number of allylic oxidation sites excluding steroid dienone is 1. The molecule has 0 radical (unpaired) electrons. The van der Waals surface area contributed by atoms with Crippen molar-refractivity contribution in [3.63, 3.8) is 0 Å². The molecule has 0 aliphatic heterocycles. The van der Waals surface area contributed by atoms with Gasteiger partial charge in [0.15, 0.2) is 11.5 Å². The van der Waals surface area contributed by atoms with Gasteiger partial charge in [-0.2, -0.15) is 5.26 Å². The maximum atomic E-state index is 13.1. The summed E-state index contributed by atoms with van der Waals surface area (Å²) >= 11 is 6.46. The highest BCUT2D eigenvalue weighted by Crippen LogP contribution is 2.38. The maximum Gasteiger partial charge on any atom is 0.180 e. The predicted octanol–water partition coefficient (Wildman–Crippen LogP) is 6.32. The van der Waals surface area contributed by atoms with Crippen LogP contribution in [0.15, 0.2) is 54.6 Å². The summed E-state index contributed by atoms with van der Waals surface area (Å²) in [5, 5.41) is 10.0. The molecule has 32 heavy (non-hydrogen) atoms. The first kappa shape index (κ1) is 21.4. The zero-order valence-corrected chi connectivity index (χ0v) is 18.2. The molecule has 0 amide bonds. The molecule has 4 aromatic rings. The van der Waals surface area contributed by atoms with E-state index in [0.717, 1.165) is 22.2 Å². The minimum absolute atomic E-state index is 0.202. The Morgan fingerprint density at radius 3 is 2.69 bits per heavy atom. The first-order chi connectivity index (χ1) is 15.5. The number of aromatic amines is 1. The van der Waals surface area contributed by atoms with Crippen LogP contribution in [0, 0.1) is 24.1 Å². The van der Waals surface area contributed by atoms with Crippen LogP contribution in [-0.4, -0.2) is 17.1 Å². The number of fused-ring (bicyclic) bond motifs is 1. The predicted molar refractivity (Wildman–Crippen MR) is 123 cm³/mol. The van der Waals surface area contributed by atoms with Gasteiger partial charge < -0.3 is 14.5 Å². The van der Waals surface area contributed by atoms with Gasteiger partial charge in [0.1, 0.15) is 24.3 Å². The quantitative estimate of drug-likeness (QED) is 0.351. The monoisotopic (exact) mass is 447 g/mol. The van der Waals surface area contributed by atoms with E-state index in [1.54, 1.807) is 30.3 Å². The number of hydrogen-bond acceptors (Lipinski definition) is 4. The zero-order valence-electron chi connectivity index (χ0n) is 17.4. The fraction of sp³-hybridized carbons (Fsp3) is 0.120. The van der Waals surface area contributed by atoms with E-state index in [-0.39, 0.29) is 12.4 Å². The molecule has 0 atom stereocenters. The largest absolute Gasteiger partial charge is 0.493 e. The van der Waals surface area contributed by atoms with Gasteiger partial charge in [0.25, 0.3) is 0 Å². The highest BCUT2D eigenvalue weighted by Gasteiger charge is 2.14. The Labute approximate surface area is 189 Å². The summed E-state index contributed by atoms with van der Waals surface area (Å²) in [5.74, 6) is 0.949. The summed E-state index contributed by atoms with van der Waals surface area (Å²) in [6, 6.07) is 17.5. The van der Waals surface area contributed by atoms with E-state index < -0.39 is 0 Å². The number of H-pyrrole nitrogens is 1. The first-order valence-electron chi connectivity index (χ1n) is 9.80. The van der Waals surface area contributed by atoms with Gasteiger partial charge in [0.2, 0.25) is 0 Å². The third-order valence-electron chi connectivity index (χ3n) is 4.87. The summed E-state index contributed by atoms with van der Waals surface area (Å²) in [4.78, 5) is 7.70. The number of benzene rings is 3. The second-order valence-electron chi connectivity index (χ2n) is 7.23. The second kappa shape index (κ2) is 9.13. The minimum Gasteiger partial charge on any atom is -0.493 e. The molecule has 160 valence electrons. The fourth-order valence-corrected chi connectivity index (χ4v) is 3.54. The van der Waals surface area contributed by atoms with Gasteiger partial charge in [-0.25, -0.2) is 9.37 Å². The Bertz CT molecular complexity index is 1350. The van der Waals surface area contributed by atoms with Crippen LogP contribution in [0.25, 0.3) is 22.7 Å². The number of rotatable bonds is 6. The van der Waals surface area contributed by atoms with Crippen molar-refractivity contribution in [2.24, 2.45) is 0 Å². The summed E-state index contributed by atoms with van der Waals surface area (Å²) < 4.78 is 24.4. The van der Waals surface area contributed by atoms with Gasteiger partial charge in [-0.3, -0.25) is 0 Å². The molecule has 0 unspecified atom stereocenters. The van der Waals surface area contributed by atoms with E-state index in [0.29, 0.717) is 33.5 Å². The van der Waals surface area contributed by atoms with E-state index in [4.69, 9.17) is 21.1 Å². The normalized spacial score (nSPS) is 11.4. The highest BCUT2D eigenvalue weighted by atomic mass is 35.5. The maximum absolute atomic E-state index is 13.1. The van der Waals surface area contributed by atoms with Crippen molar-refractivity contribution >= 4 is 34.3 Å². The number of nitriles is 1. The first-order valence-corrected chi connectivity index (χ1v) is 10.2. The number of hydrogen-bond donors (Lipinski definition) is 1. The third kappa shape index (κ3) is 4.58. The number of nitrogens with zero attached hydrogens (tertiary/aromatic N) is 2. The molecule has 0 bridgehead atoms. The van der Waals surface area contributed by atoms with Crippen molar-refractivity contribution in [2.45, 2.75) is 13.5 Å². The minimum atomic E-state index is -0.312. The summed E-state index contributed by atoms with van der Waals surface area (Å²) in [7, 11) is 1.51. The van der Waals surface area contributed by atoms with Crippen LogP contribution in [-0.2, 0) is 6.61 Å². The van der Waals surface area contributed by atoms with Gasteiger partial charge in [-0.15, -0.1) is 0 Å². The fourth-order valence-electron chi connectivity index (χ4n) is 3.27. The molecular weight excluding hydrogens is 429 g/mol. The Balaban J connectivity index is 1.63. The van der Waals surface area contributed by atoms with E-state index >= 15 is 0 Å². The van der Waals surface area contributed by atoms with Crippen molar-refractivity contribution in [3.8, 4) is 17.6 Å². The van der Waals surface area contributed by atoms with Crippen LogP contribution in [0.3, 0.4) is 0 Å². The van der Waals surface area contributed by atoms with Crippen molar-refractivity contribution in [1.29, 1.82) is 5.26 Å². The molecule has 1 aromatic heterocycles.